The summed E-state index contributed by atoms with van der Waals surface area (Å²) in [7, 11) is 1.87. The summed E-state index contributed by atoms with van der Waals surface area (Å²) in [6.07, 6.45) is 9.56. The standard InChI is InChI=1S/C14H23N3O2/c1-3-19-13(18)14(15-2)7-4-5-12(14)6-9-17-10-8-16-11-17/h8,10-12,15H,3-7,9H2,1-2H3. The Labute approximate surface area is 114 Å². The van der Waals surface area contributed by atoms with Crippen molar-refractivity contribution < 1.29 is 9.53 Å². The van der Waals surface area contributed by atoms with Crippen molar-refractivity contribution in [1.82, 2.24) is 14.9 Å². The molecule has 0 amide bonds. The van der Waals surface area contributed by atoms with E-state index in [1.807, 2.05) is 26.5 Å². The predicted molar refractivity (Wildman–Crippen MR) is 72.6 cm³/mol. The van der Waals surface area contributed by atoms with Crippen LogP contribution in [-0.4, -0.2) is 34.7 Å². The normalized spacial score (nSPS) is 26.5. The molecule has 5 heteroatoms. The van der Waals surface area contributed by atoms with Crippen LogP contribution in [0.3, 0.4) is 0 Å². The monoisotopic (exact) mass is 265 g/mol. The number of carbonyl (C=O) groups excluding carboxylic acids is 1. The van der Waals surface area contributed by atoms with E-state index >= 15 is 0 Å². The lowest BCUT2D eigenvalue weighted by atomic mass is 9.84. The maximum Gasteiger partial charge on any atom is 0.326 e. The molecule has 2 atom stereocenters. The number of nitrogens with one attached hydrogen (secondary N) is 1. The molecule has 1 N–H and O–H groups in total. The van der Waals surface area contributed by atoms with Gasteiger partial charge in [-0.1, -0.05) is 6.42 Å². The van der Waals surface area contributed by atoms with Crippen molar-refractivity contribution in [1.29, 1.82) is 0 Å². The van der Waals surface area contributed by atoms with Gasteiger partial charge in [0.2, 0.25) is 0 Å². The lowest BCUT2D eigenvalue weighted by molar-refractivity contribution is -0.153. The molecule has 1 aromatic heterocycles. The Balaban J connectivity index is 2.03. The van der Waals surface area contributed by atoms with Crippen LogP contribution < -0.4 is 5.32 Å². The Bertz CT molecular complexity index is 405. The molecule has 2 rings (SSSR count). The van der Waals surface area contributed by atoms with Crippen LogP contribution in [0.1, 0.15) is 32.6 Å². The molecular weight excluding hydrogens is 242 g/mol. The Hall–Kier alpha value is -1.36. The van der Waals surface area contributed by atoms with E-state index in [-0.39, 0.29) is 5.97 Å². The highest BCUT2D eigenvalue weighted by molar-refractivity contribution is 5.81. The fraction of sp³-hybridized carbons (Fsp3) is 0.714. The van der Waals surface area contributed by atoms with Gasteiger partial charge in [-0.25, -0.2) is 4.98 Å². The molecule has 19 heavy (non-hydrogen) atoms. The van der Waals surface area contributed by atoms with Crippen LogP contribution in [0.15, 0.2) is 18.7 Å². The maximum atomic E-state index is 12.3. The van der Waals surface area contributed by atoms with Crippen LogP contribution in [0.2, 0.25) is 0 Å². The number of aryl methyl sites for hydroxylation is 1. The summed E-state index contributed by atoms with van der Waals surface area (Å²) in [5.74, 6) is 0.240. The highest BCUT2D eigenvalue weighted by Gasteiger charge is 2.48. The zero-order valence-corrected chi connectivity index (χ0v) is 11.8. The van der Waals surface area contributed by atoms with Crippen molar-refractivity contribution in [2.75, 3.05) is 13.7 Å². The number of esters is 1. The van der Waals surface area contributed by atoms with Gasteiger partial charge in [0, 0.05) is 18.9 Å². The fourth-order valence-corrected chi connectivity index (χ4v) is 3.15. The first kappa shape index (κ1) is 14.1. The molecule has 5 nitrogen and oxygen atoms in total. The van der Waals surface area contributed by atoms with E-state index in [1.165, 1.54) is 0 Å². The smallest absolute Gasteiger partial charge is 0.326 e. The van der Waals surface area contributed by atoms with Crippen LogP contribution in [0.4, 0.5) is 0 Å². The predicted octanol–water partition coefficient (Wildman–Crippen LogP) is 1.59. The molecule has 0 saturated heterocycles. The van der Waals surface area contributed by atoms with Gasteiger partial charge in [-0.2, -0.15) is 0 Å². The lowest BCUT2D eigenvalue weighted by Crippen LogP contribution is -2.54. The molecule has 0 aliphatic heterocycles. The van der Waals surface area contributed by atoms with E-state index in [9.17, 15) is 4.79 Å². The molecule has 1 aliphatic rings. The third-order valence-electron chi connectivity index (χ3n) is 4.20. The number of nitrogens with zero attached hydrogens (tertiary/aromatic N) is 2. The van der Waals surface area contributed by atoms with Gasteiger partial charge in [0.25, 0.3) is 0 Å². The number of aromatic nitrogens is 2. The molecule has 1 fully saturated rings. The van der Waals surface area contributed by atoms with Gasteiger partial charge in [-0.3, -0.25) is 4.79 Å². The minimum Gasteiger partial charge on any atom is -0.465 e. The molecule has 106 valence electrons. The molecule has 0 radical (unpaired) electrons. The second-order valence-electron chi connectivity index (χ2n) is 5.12. The summed E-state index contributed by atoms with van der Waals surface area (Å²) in [4.78, 5) is 16.3. The molecule has 0 aromatic carbocycles. The lowest BCUT2D eigenvalue weighted by Gasteiger charge is -2.33. The van der Waals surface area contributed by atoms with Crippen molar-refractivity contribution in [3.8, 4) is 0 Å². The van der Waals surface area contributed by atoms with E-state index in [4.69, 9.17) is 4.74 Å². The third kappa shape index (κ3) is 2.81. The summed E-state index contributed by atoms with van der Waals surface area (Å²) in [5, 5.41) is 3.24. The minimum atomic E-state index is -0.489. The first-order chi connectivity index (χ1) is 9.23. The third-order valence-corrected chi connectivity index (χ3v) is 4.20. The number of hydrogen-bond donors (Lipinski definition) is 1. The Morgan fingerprint density at radius 2 is 2.47 bits per heavy atom. The van der Waals surface area contributed by atoms with E-state index in [0.717, 1.165) is 32.2 Å². The largest absolute Gasteiger partial charge is 0.465 e. The van der Waals surface area contributed by atoms with Gasteiger partial charge in [-0.15, -0.1) is 0 Å². The number of rotatable bonds is 6. The van der Waals surface area contributed by atoms with Gasteiger partial charge in [0.05, 0.1) is 12.9 Å². The number of hydrogen-bond acceptors (Lipinski definition) is 4. The molecule has 1 aromatic rings. The first-order valence-electron chi connectivity index (χ1n) is 7.05. The van der Waals surface area contributed by atoms with Crippen LogP contribution in [-0.2, 0) is 16.1 Å². The Morgan fingerprint density at radius 1 is 1.63 bits per heavy atom. The second-order valence-corrected chi connectivity index (χ2v) is 5.12. The Morgan fingerprint density at radius 3 is 3.11 bits per heavy atom. The fourth-order valence-electron chi connectivity index (χ4n) is 3.15. The number of likely N-dealkylation sites (N-methyl/N-ethyl adjacent to an activating group) is 1. The van der Waals surface area contributed by atoms with Crippen LogP contribution in [0, 0.1) is 5.92 Å². The molecule has 1 aliphatic carbocycles. The van der Waals surface area contributed by atoms with Gasteiger partial charge in [0.15, 0.2) is 0 Å². The van der Waals surface area contributed by atoms with E-state index in [0.29, 0.717) is 12.5 Å². The summed E-state index contributed by atoms with van der Waals surface area (Å²) >= 11 is 0. The topological polar surface area (TPSA) is 56.1 Å². The molecule has 0 bridgehead atoms. The molecular formula is C14H23N3O2. The maximum absolute atomic E-state index is 12.3. The first-order valence-corrected chi connectivity index (χ1v) is 7.05. The molecule has 0 spiro atoms. The molecule has 1 saturated carbocycles. The summed E-state index contributed by atoms with van der Waals surface area (Å²) < 4.78 is 7.33. The van der Waals surface area contributed by atoms with Crippen molar-refractivity contribution in [2.24, 2.45) is 5.92 Å². The van der Waals surface area contributed by atoms with Crippen molar-refractivity contribution in [2.45, 2.75) is 44.7 Å². The van der Waals surface area contributed by atoms with Crippen molar-refractivity contribution in [3.63, 3.8) is 0 Å². The van der Waals surface area contributed by atoms with E-state index in [1.54, 1.807) is 6.20 Å². The van der Waals surface area contributed by atoms with Gasteiger partial charge in [0.1, 0.15) is 5.54 Å². The van der Waals surface area contributed by atoms with Crippen molar-refractivity contribution >= 4 is 5.97 Å². The van der Waals surface area contributed by atoms with Gasteiger partial charge >= 0.3 is 5.97 Å². The summed E-state index contributed by atoms with van der Waals surface area (Å²) in [6.45, 7) is 3.20. The molecule has 2 unspecified atom stereocenters. The zero-order chi connectivity index (χ0) is 13.7. The summed E-state index contributed by atoms with van der Waals surface area (Å²) in [5.41, 5.74) is -0.489. The van der Waals surface area contributed by atoms with Crippen LogP contribution >= 0.6 is 0 Å². The van der Waals surface area contributed by atoms with E-state index in [2.05, 4.69) is 14.9 Å². The highest BCUT2D eigenvalue weighted by atomic mass is 16.5. The SMILES string of the molecule is CCOC(=O)C1(NC)CCCC1CCn1ccnc1. The quantitative estimate of drug-likeness (QED) is 0.794. The average Bonchev–Trinajstić information content (AvgIpc) is 3.06. The minimum absolute atomic E-state index is 0.0920. The average molecular weight is 265 g/mol. The number of ether oxygens (including phenoxy) is 1. The second kappa shape index (κ2) is 6.19. The Kier molecular flexibility index (Phi) is 4.58. The van der Waals surface area contributed by atoms with Gasteiger partial charge < -0.3 is 14.6 Å². The van der Waals surface area contributed by atoms with Crippen molar-refractivity contribution in [3.05, 3.63) is 18.7 Å². The van der Waals surface area contributed by atoms with Crippen LogP contribution in [0.25, 0.3) is 0 Å². The zero-order valence-electron chi connectivity index (χ0n) is 11.8. The van der Waals surface area contributed by atoms with E-state index < -0.39 is 5.54 Å². The summed E-state index contributed by atoms with van der Waals surface area (Å²) in [6, 6.07) is 0. The number of carbonyl (C=O) groups is 1. The number of imidazole rings is 1. The highest BCUT2D eigenvalue weighted by Crippen LogP contribution is 2.39. The van der Waals surface area contributed by atoms with Gasteiger partial charge in [-0.05, 0) is 39.2 Å². The molecule has 1 heterocycles. The van der Waals surface area contributed by atoms with Crippen LogP contribution in [0.5, 0.6) is 0 Å².